The van der Waals surface area contributed by atoms with Gasteiger partial charge in [0.25, 0.3) is 0 Å². The van der Waals surface area contributed by atoms with Crippen molar-refractivity contribution in [2.75, 3.05) is 0 Å². The molecule has 0 atom stereocenters. The zero-order valence-corrected chi connectivity index (χ0v) is 7.74. The third-order valence-corrected chi connectivity index (χ3v) is 1.90. The second kappa shape index (κ2) is 4.28. The van der Waals surface area contributed by atoms with E-state index in [1.54, 1.807) is 18.2 Å². The van der Waals surface area contributed by atoms with Gasteiger partial charge in [-0.15, -0.1) is 0 Å². The molecule has 0 aliphatic carbocycles. The van der Waals surface area contributed by atoms with Crippen LogP contribution >= 0.6 is 0 Å². The minimum atomic E-state index is -1.05. The number of rotatable bonds is 2. The Balaban J connectivity index is 2.80. The third kappa shape index (κ3) is 2.49. The minimum absolute atomic E-state index is 0.271. The summed E-state index contributed by atoms with van der Waals surface area (Å²) in [6, 6.07) is 7.18. The summed E-state index contributed by atoms with van der Waals surface area (Å²) in [7, 11) is 0. The number of nitriles is 1. The van der Waals surface area contributed by atoms with E-state index in [9.17, 15) is 4.79 Å². The lowest BCUT2D eigenvalue weighted by Gasteiger charge is -2.05. The molecule has 0 radical (unpaired) electrons. The number of nitrogens with zero attached hydrogens (tertiary/aromatic N) is 1. The molecule has 0 saturated heterocycles. The van der Waals surface area contributed by atoms with Crippen LogP contribution in [0.2, 0.25) is 0 Å². The molecule has 0 aliphatic heterocycles. The minimum Gasteiger partial charge on any atom is -0.465 e. The fourth-order valence-electron chi connectivity index (χ4n) is 1.13. The van der Waals surface area contributed by atoms with Crippen molar-refractivity contribution >= 4 is 6.09 Å². The molecule has 0 aromatic heterocycles. The summed E-state index contributed by atoms with van der Waals surface area (Å²) in [6.45, 7) is 2.12. The lowest BCUT2D eigenvalue weighted by atomic mass is 10.1. The van der Waals surface area contributed by atoms with Crippen molar-refractivity contribution in [1.29, 1.82) is 5.26 Å². The van der Waals surface area contributed by atoms with Gasteiger partial charge >= 0.3 is 6.09 Å². The average Bonchev–Trinajstić information content (AvgIpc) is 2.15. The van der Waals surface area contributed by atoms with Crippen LogP contribution in [-0.2, 0) is 6.54 Å². The van der Waals surface area contributed by atoms with E-state index in [2.05, 4.69) is 5.32 Å². The smallest absolute Gasteiger partial charge is 0.404 e. The van der Waals surface area contributed by atoms with E-state index in [1.165, 1.54) is 0 Å². The zero-order chi connectivity index (χ0) is 10.6. The van der Waals surface area contributed by atoms with Gasteiger partial charge in [-0.3, -0.25) is 0 Å². The molecule has 0 heterocycles. The van der Waals surface area contributed by atoms with Gasteiger partial charge in [-0.05, 0) is 30.2 Å². The van der Waals surface area contributed by atoms with Gasteiger partial charge in [-0.25, -0.2) is 4.79 Å². The van der Waals surface area contributed by atoms with Gasteiger partial charge in [0, 0.05) is 6.54 Å². The maximum absolute atomic E-state index is 10.2. The van der Waals surface area contributed by atoms with Gasteiger partial charge in [0.1, 0.15) is 0 Å². The standard InChI is InChI=1S/C10H10N2O2/c1-7-4-8(5-11)2-3-9(7)6-12-10(13)14/h2-4,12H,6H2,1H3,(H,13,14). The fraction of sp³-hybridized carbons (Fsp3) is 0.200. The average molecular weight is 190 g/mol. The van der Waals surface area contributed by atoms with E-state index in [1.807, 2.05) is 13.0 Å². The Bertz CT molecular complexity index is 394. The molecule has 1 aromatic carbocycles. The van der Waals surface area contributed by atoms with Crippen LogP contribution < -0.4 is 5.32 Å². The Morgan fingerprint density at radius 1 is 1.64 bits per heavy atom. The van der Waals surface area contributed by atoms with Gasteiger partial charge in [-0.2, -0.15) is 5.26 Å². The Hall–Kier alpha value is -2.02. The highest BCUT2D eigenvalue weighted by Gasteiger charge is 2.01. The van der Waals surface area contributed by atoms with Crippen molar-refractivity contribution in [2.45, 2.75) is 13.5 Å². The predicted octanol–water partition coefficient (Wildman–Crippen LogP) is 1.63. The maximum Gasteiger partial charge on any atom is 0.404 e. The van der Waals surface area contributed by atoms with E-state index in [-0.39, 0.29) is 6.54 Å². The third-order valence-electron chi connectivity index (χ3n) is 1.90. The van der Waals surface area contributed by atoms with Crippen molar-refractivity contribution in [1.82, 2.24) is 5.32 Å². The molecule has 14 heavy (non-hydrogen) atoms. The molecule has 0 unspecified atom stereocenters. The molecule has 4 heteroatoms. The molecule has 0 fully saturated rings. The van der Waals surface area contributed by atoms with E-state index in [0.717, 1.165) is 11.1 Å². The molecule has 0 aliphatic rings. The number of aryl methyl sites for hydroxylation is 1. The summed E-state index contributed by atoms with van der Waals surface area (Å²) in [5.41, 5.74) is 2.38. The largest absolute Gasteiger partial charge is 0.465 e. The molecule has 0 saturated carbocycles. The molecule has 1 aromatic rings. The summed E-state index contributed by atoms with van der Waals surface area (Å²) >= 11 is 0. The molecular weight excluding hydrogens is 180 g/mol. The van der Waals surface area contributed by atoms with Gasteiger partial charge in [0.05, 0.1) is 11.6 Å². The first-order valence-corrected chi connectivity index (χ1v) is 4.10. The highest BCUT2D eigenvalue weighted by molar-refractivity contribution is 5.64. The summed E-state index contributed by atoms with van der Waals surface area (Å²) in [6.07, 6.45) is -1.05. The first-order valence-electron chi connectivity index (χ1n) is 4.10. The first-order chi connectivity index (χ1) is 6.63. The monoisotopic (exact) mass is 190 g/mol. The summed E-state index contributed by atoms with van der Waals surface area (Å²) in [5, 5.41) is 19.3. The van der Waals surface area contributed by atoms with Gasteiger partial charge in [0.15, 0.2) is 0 Å². The molecule has 0 bridgehead atoms. The van der Waals surface area contributed by atoms with Crippen LogP contribution in [0.5, 0.6) is 0 Å². The van der Waals surface area contributed by atoms with E-state index in [4.69, 9.17) is 10.4 Å². The number of amides is 1. The summed E-state index contributed by atoms with van der Waals surface area (Å²) in [4.78, 5) is 10.2. The summed E-state index contributed by atoms with van der Waals surface area (Å²) < 4.78 is 0. The lowest BCUT2D eigenvalue weighted by Crippen LogP contribution is -2.20. The van der Waals surface area contributed by atoms with Crippen molar-refractivity contribution in [3.05, 3.63) is 34.9 Å². The normalized spacial score (nSPS) is 9.14. The highest BCUT2D eigenvalue weighted by atomic mass is 16.4. The van der Waals surface area contributed by atoms with Gasteiger partial charge < -0.3 is 10.4 Å². The number of carboxylic acid groups (broad SMARTS) is 1. The van der Waals surface area contributed by atoms with E-state index < -0.39 is 6.09 Å². The fourth-order valence-corrected chi connectivity index (χ4v) is 1.13. The van der Waals surface area contributed by atoms with Gasteiger partial charge in [-0.1, -0.05) is 6.07 Å². The quantitative estimate of drug-likeness (QED) is 0.744. The Labute approximate surface area is 81.8 Å². The first kappa shape index (κ1) is 10.1. The van der Waals surface area contributed by atoms with E-state index >= 15 is 0 Å². The van der Waals surface area contributed by atoms with Crippen molar-refractivity contribution in [2.24, 2.45) is 0 Å². The summed E-state index contributed by atoms with van der Waals surface area (Å²) in [5.74, 6) is 0. The van der Waals surface area contributed by atoms with E-state index in [0.29, 0.717) is 5.56 Å². The van der Waals surface area contributed by atoms with Crippen LogP contribution in [0.4, 0.5) is 4.79 Å². The van der Waals surface area contributed by atoms with Crippen LogP contribution in [0.25, 0.3) is 0 Å². The molecule has 72 valence electrons. The van der Waals surface area contributed by atoms with Crippen LogP contribution in [-0.4, -0.2) is 11.2 Å². The molecule has 1 amide bonds. The van der Waals surface area contributed by atoms with Crippen LogP contribution in [0, 0.1) is 18.3 Å². The van der Waals surface area contributed by atoms with Crippen LogP contribution in [0.15, 0.2) is 18.2 Å². The molecule has 0 spiro atoms. The lowest BCUT2D eigenvalue weighted by molar-refractivity contribution is 0.194. The molecular formula is C10H10N2O2. The maximum atomic E-state index is 10.2. The number of hydrogen-bond donors (Lipinski definition) is 2. The van der Waals surface area contributed by atoms with Gasteiger partial charge in [0.2, 0.25) is 0 Å². The Kier molecular flexibility index (Phi) is 3.08. The molecule has 1 rings (SSSR count). The molecule has 4 nitrogen and oxygen atoms in total. The molecule has 2 N–H and O–H groups in total. The SMILES string of the molecule is Cc1cc(C#N)ccc1CNC(=O)O. The second-order valence-corrected chi connectivity index (χ2v) is 2.91. The number of nitrogens with one attached hydrogen (secondary N) is 1. The number of carbonyl (C=O) groups is 1. The second-order valence-electron chi connectivity index (χ2n) is 2.91. The Morgan fingerprint density at radius 2 is 2.36 bits per heavy atom. The van der Waals surface area contributed by atoms with Crippen molar-refractivity contribution < 1.29 is 9.90 Å². The highest BCUT2D eigenvalue weighted by Crippen LogP contribution is 2.09. The number of benzene rings is 1. The topological polar surface area (TPSA) is 73.1 Å². The number of hydrogen-bond acceptors (Lipinski definition) is 2. The Morgan fingerprint density at radius 3 is 2.86 bits per heavy atom. The zero-order valence-electron chi connectivity index (χ0n) is 7.74. The van der Waals surface area contributed by atoms with Crippen molar-refractivity contribution in [3.63, 3.8) is 0 Å². The van der Waals surface area contributed by atoms with Crippen LogP contribution in [0.3, 0.4) is 0 Å². The van der Waals surface area contributed by atoms with Crippen LogP contribution in [0.1, 0.15) is 16.7 Å². The predicted molar refractivity (Wildman–Crippen MR) is 50.8 cm³/mol. The van der Waals surface area contributed by atoms with Crippen molar-refractivity contribution in [3.8, 4) is 6.07 Å².